The first-order chi connectivity index (χ1) is 11.8. The molecule has 130 valence electrons. The molecule has 2 heterocycles. The molecule has 1 aromatic carbocycles. The molecule has 2 aromatic rings. The standard InChI is InChI=1S/C16H12Br2N2O4S/c1-8(21)20-16(24-15(19-20)13-5-6-14(18)25-13)11-7-10(17)3-4-12(11)23-9(2)22/h3-7,16H,1-2H3/t16-/m0/s1. The van der Waals surface area contributed by atoms with Gasteiger partial charge in [0, 0.05) is 18.3 Å². The minimum Gasteiger partial charge on any atom is -0.445 e. The van der Waals surface area contributed by atoms with Gasteiger partial charge in [-0.3, -0.25) is 9.59 Å². The Hall–Kier alpha value is -1.71. The Morgan fingerprint density at radius 1 is 1.24 bits per heavy atom. The van der Waals surface area contributed by atoms with Crippen LogP contribution in [0.4, 0.5) is 0 Å². The van der Waals surface area contributed by atoms with Crippen molar-refractivity contribution in [2.45, 2.75) is 20.1 Å². The molecule has 6 nitrogen and oxygen atoms in total. The van der Waals surface area contributed by atoms with Gasteiger partial charge < -0.3 is 9.47 Å². The fourth-order valence-electron chi connectivity index (χ4n) is 2.26. The summed E-state index contributed by atoms with van der Waals surface area (Å²) in [7, 11) is 0. The van der Waals surface area contributed by atoms with E-state index in [4.69, 9.17) is 9.47 Å². The topological polar surface area (TPSA) is 68.2 Å². The lowest BCUT2D eigenvalue weighted by Gasteiger charge is -2.21. The zero-order valence-corrected chi connectivity index (χ0v) is 17.1. The zero-order valence-electron chi connectivity index (χ0n) is 13.2. The number of halogens is 2. The second-order valence-corrected chi connectivity index (χ2v) is 8.50. The summed E-state index contributed by atoms with van der Waals surface area (Å²) in [5.74, 6) is -0.0935. The van der Waals surface area contributed by atoms with Crippen molar-refractivity contribution in [1.82, 2.24) is 5.01 Å². The fraction of sp³-hybridized carbons (Fsp3) is 0.188. The second kappa shape index (κ2) is 7.27. The van der Waals surface area contributed by atoms with Gasteiger partial charge in [-0.15, -0.1) is 16.4 Å². The highest BCUT2D eigenvalue weighted by molar-refractivity contribution is 9.11. The highest BCUT2D eigenvalue weighted by Crippen LogP contribution is 2.38. The van der Waals surface area contributed by atoms with E-state index in [1.54, 1.807) is 18.2 Å². The Morgan fingerprint density at radius 3 is 2.60 bits per heavy atom. The van der Waals surface area contributed by atoms with Crippen molar-refractivity contribution in [3.05, 3.63) is 49.0 Å². The van der Waals surface area contributed by atoms with Crippen LogP contribution in [0.5, 0.6) is 5.75 Å². The SMILES string of the molecule is CC(=O)Oc1ccc(Br)cc1[C@@H]1OC(c2ccc(Br)s2)=NN1C(C)=O. The predicted octanol–water partition coefficient (Wildman–Crippen LogP) is 4.44. The molecule has 1 aromatic heterocycles. The number of rotatable bonds is 3. The zero-order chi connectivity index (χ0) is 18.1. The summed E-state index contributed by atoms with van der Waals surface area (Å²) in [5.41, 5.74) is 0.522. The van der Waals surface area contributed by atoms with Crippen molar-refractivity contribution in [2.75, 3.05) is 0 Å². The number of hydrogen-bond acceptors (Lipinski definition) is 6. The third-order valence-electron chi connectivity index (χ3n) is 3.24. The summed E-state index contributed by atoms with van der Waals surface area (Å²) in [6, 6.07) is 8.85. The molecular formula is C16H12Br2N2O4S. The minimum absolute atomic E-state index is 0.288. The van der Waals surface area contributed by atoms with Crippen LogP contribution in [-0.4, -0.2) is 22.8 Å². The molecule has 1 aliphatic rings. The average Bonchev–Trinajstić information content (AvgIpc) is 3.14. The maximum atomic E-state index is 12.0. The third-order valence-corrected chi connectivity index (χ3v) is 5.35. The molecule has 0 saturated heterocycles. The van der Waals surface area contributed by atoms with Gasteiger partial charge in [0.2, 0.25) is 12.1 Å². The van der Waals surface area contributed by atoms with Crippen LogP contribution >= 0.6 is 43.2 Å². The number of amides is 1. The van der Waals surface area contributed by atoms with Gasteiger partial charge in [0.25, 0.3) is 5.90 Å². The maximum absolute atomic E-state index is 12.0. The molecule has 9 heteroatoms. The molecule has 0 radical (unpaired) electrons. The molecule has 1 amide bonds. The van der Waals surface area contributed by atoms with Gasteiger partial charge in [-0.05, 0) is 46.3 Å². The molecule has 0 unspecified atom stereocenters. The van der Waals surface area contributed by atoms with Gasteiger partial charge >= 0.3 is 5.97 Å². The van der Waals surface area contributed by atoms with E-state index in [2.05, 4.69) is 37.0 Å². The maximum Gasteiger partial charge on any atom is 0.308 e. The first-order valence-electron chi connectivity index (χ1n) is 7.14. The molecule has 0 N–H and O–H groups in total. The lowest BCUT2D eigenvalue weighted by atomic mass is 10.1. The van der Waals surface area contributed by atoms with Gasteiger partial charge in [0.15, 0.2) is 0 Å². The number of hydrazone groups is 1. The second-order valence-electron chi connectivity index (χ2n) is 5.12. The molecule has 1 aliphatic heterocycles. The summed E-state index contributed by atoms with van der Waals surface area (Å²) in [4.78, 5) is 24.2. The highest BCUT2D eigenvalue weighted by Gasteiger charge is 2.36. The van der Waals surface area contributed by atoms with Crippen LogP contribution in [0.2, 0.25) is 0 Å². The predicted molar refractivity (Wildman–Crippen MR) is 100 cm³/mol. The first-order valence-corrected chi connectivity index (χ1v) is 9.54. The number of nitrogens with zero attached hydrogens (tertiary/aromatic N) is 2. The quantitative estimate of drug-likeness (QED) is 0.474. The van der Waals surface area contributed by atoms with Crippen molar-refractivity contribution >= 4 is 61.0 Å². The molecule has 0 saturated carbocycles. The van der Waals surface area contributed by atoms with E-state index in [9.17, 15) is 9.59 Å². The molecule has 0 spiro atoms. The van der Waals surface area contributed by atoms with Gasteiger partial charge in [0.05, 0.1) is 14.2 Å². The van der Waals surface area contributed by atoms with Crippen molar-refractivity contribution < 1.29 is 19.1 Å². The summed E-state index contributed by atoms with van der Waals surface area (Å²) < 4.78 is 12.9. The number of benzene rings is 1. The van der Waals surface area contributed by atoms with Crippen LogP contribution in [0, 0.1) is 0 Å². The van der Waals surface area contributed by atoms with E-state index in [0.29, 0.717) is 17.2 Å². The van der Waals surface area contributed by atoms with Crippen LogP contribution in [0.25, 0.3) is 0 Å². The van der Waals surface area contributed by atoms with Crippen LogP contribution in [0.15, 0.2) is 43.7 Å². The number of ether oxygens (including phenoxy) is 2. The molecule has 0 bridgehead atoms. The van der Waals surface area contributed by atoms with E-state index in [-0.39, 0.29) is 5.91 Å². The van der Waals surface area contributed by atoms with Crippen LogP contribution in [0.1, 0.15) is 30.5 Å². The molecule has 3 rings (SSSR count). The summed E-state index contributed by atoms with van der Waals surface area (Å²) in [5, 5.41) is 5.52. The van der Waals surface area contributed by atoms with Crippen LogP contribution in [-0.2, 0) is 14.3 Å². The molecule has 0 fully saturated rings. The largest absolute Gasteiger partial charge is 0.445 e. The number of carbonyl (C=O) groups excluding carboxylic acids is 2. The highest BCUT2D eigenvalue weighted by atomic mass is 79.9. The third kappa shape index (κ3) is 3.94. The monoisotopic (exact) mass is 486 g/mol. The molecule has 0 aliphatic carbocycles. The van der Waals surface area contributed by atoms with Gasteiger partial charge in [-0.25, -0.2) is 0 Å². The van der Waals surface area contributed by atoms with E-state index >= 15 is 0 Å². The van der Waals surface area contributed by atoms with Gasteiger partial charge in [-0.1, -0.05) is 15.9 Å². The van der Waals surface area contributed by atoms with Crippen LogP contribution in [0.3, 0.4) is 0 Å². The van der Waals surface area contributed by atoms with Crippen molar-refractivity contribution in [3.8, 4) is 5.75 Å². The first kappa shape index (κ1) is 18.1. The smallest absolute Gasteiger partial charge is 0.308 e. The Morgan fingerprint density at radius 2 is 2.00 bits per heavy atom. The number of carbonyl (C=O) groups is 2. The van der Waals surface area contributed by atoms with E-state index in [0.717, 1.165) is 13.1 Å². The van der Waals surface area contributed by atoms with E-state index in [1.165, 1.54) is 30.2 Å². The fourth-order valence-corrected chi connectivity index (χ4v) is 3.95. The molecule has 25 heavy (non-hydrogen) atoms. The summed E-state index contributed by atoms with van der Waals surface area (Å²) >= 11 is 8.23. The molecule has 1 atom stereocenters. The summed E-state index contributed by atoms with van der Waals surface area (Å²) in [6.07, 6.45) is -0.819. The van der Waals surface area contributed by atoms with Crippen molar-refractivity contribution in [2.24, 2.45) is 5.10 Å². The Labute approximate surface area is 164 Å². The number of hydrogen-bond donors (Lipinski definition) is 0. The Balaban J connectivity index is 2.01. The van der Waals surface area contributed by atoms with Crippen molar-refractivity contribution in [3.63, 3.8) is 0 Å². The summed E-state index contributed by atoms with van der Waals surface area (Å²) in [6.45, 7) is 2.71. The number of esters is 1. The lowest BCUT2D eigenvalue weighted by Crippen LogP contribution is -2.26. The molecular weight excluding hydrogens is 476 g/mol. The average molecular weight is 488 g/mol. The van der Waals surface area contributed by atoms with Gasteiger partial charge in [0.1, 0.15) is 5.75 Å². The minimum atomic E-state index is -0.819. The van der Waals surface area contributed by atoms with E-state index in [1.807, 2.05) is 12.1 Å². The normalized spacial score (nSPS) is 16.4. The Kier molecular flexibility index (Phi) is 5.26. The van der Waals surface area contributed by atoms with E-state index < -0.39 is 12.2 Å². The van der Waals surface area contributed by atoms with Crippen LogP contribution < -0.4 is 4.74 Å². The van der Waals surface area contributed by atoms with Gasteiger partial charge in [-0.2, -0.15) is 5.01 Å². The lowest BCUT2D eigenvalue weighted by molar-refractivity contribution is -0.135. The number of thiophene rings is 1. The Bertz CT molecular complexity index is 881. The van der Waals surface area contributed by atoms with Crippen molar-refractivity contribution in [1.29, 1.82) is 0 Å².